The third-order valence-corrected chi connectivity index (χ3v) is 3.22. The molecule has 0 amide bonds. The molecule has 7 heteroatoms. The van der Waals surface area contributed by atoms with Crippen molar-refractivity contribution in [2.24, 2.45) is 5.14 Å². The monoisotopic (exact) mass is 257 g/mol. The van der Waals surface area contributed by atoms with Crippen LogP contribution in [0.1, 0.15) is 0 Å². The first kappa shape index (κ1) is 11.1. The molecule has 0 fully saturated rings. The Kier molecular flexibility index (Phi) is 2.71. The van der Waals surface area contributed by atoms with E-state index in [2.05, 4.69) is 10.2 Å². The van der Waals surface area contributed by atoms with Crippen LogP contribution < -0.4 is 5.14 Å². The molecule has 0 saturated heterocycles. The van der Waals surface area contributed by atoms with E-state index in [9.17, 15) is 8.42 Å². The zero-order valence-electron chi connectivity index (χ0n) is 8.01. The number of hydrogen-bond donors (Lipinski definition) is 2. The number of primary sulfonamides is 1. The van der Waals surface area contributed by atoms with Gasteiger partial charge in [0, 0.05) is 10.6 Å². The smallest absolute Gasteiger partial charge is 0.241 e. The van der Waals surface area contributed by atoms with Crippen molar-refractivity contribution in [1.82, 2.24) is 10.2 Å². The zero-order valence-corrected chi connectivity index (χ0v) is 9.59. The van der Waals surface area contributed by atoms with Crippen molar-refractivity contribution in [3.8, 4) is 11.3 Å². The molecule has 0 unspecified atom stereocenters. The molecule has 1 heterocycles. The molecule has 0 bridgehead atoms. The van der Waals surface area contributed by atoms with Gasteiger partial charge >= 0.3 is 0 Å². The molecule has 0 aliphatic carbocycles. The SMILES string of the molecule is NS(=O)(=O)c1cn[nH]c1-c1ccc(Cl)cc1. The predicted octanol–water partition coefficient (Wildman–Crippen LogP) is 1.38. The summed E-state index contributed by atoms with van der Waals surface area (Å²) in [6.07, 6.45) is 1.18. The molecule has 1 aromatic heterocycles. The fourth-order valence-electron chi connectivity index (χ4n) is 1.31. The van der Waals surface area contributed by atoms with E-state index in [4.69, 9.17) is 16.7 Å². The molecule has 0 radical (unpaired) electrons. The van der Waals surface area contributed by atoms with Crippen molar-refractivity contribution >= 4 is 21.6 Å². The van der Waals surface area contributed by atoms with Gasteiger partial charge in [-0.15, -0.1) is 0 Å². The number of rotatable bonds is 2. The molecule has 2 aromatic rings. The molecule has 0 saturated carbocycles. The van der Waals surface area contributed by atoms with Crippen molar-refractivity contribution in [2.75, 3.05) is 0 Å². The van der Waals surface area contributed by atoms with Gasteiger partial charge < -0.3 is 0 Å². The molecule has 0 atom stereocenters. The lowest BCUT2D eigenvalue weighted by Crippen LogP contribution is -2.12. The fourth-order valence-corrected chi connectivity index (χ4v) is 2.09. The Labute approximate surface area is 97.3 Å². The van der Waals surface area contributed by atoms with Crippen LogP contribution >= 0.6 is 11.6 Å². The van der Waals surface area contributed by atoms with Crippen LogP contribution in [0.3, 0.4) is 0 Å². The minimum atomic E-state index is -3.78. The zero-order chi connectivity index (χ0) is 11.8. The van der Waals surface area contributed by atoms with Gasteiger partial charge in [0.1, 0.15) is 4.90 Å². The summed E-state index contributed by atoms with van der Waals surface area (Å²) in [7, 11) is -3.78. The highest BCUT2D eigenvalue weighted by Crippen LogP contribution is 2.24. The molecule has 16 heavy (non-hydrogen) atoms. The maximum absolute atomic E-state index is 11.2. The third-order valence-electron chi connectivity index (χ3n) is 2.04. The summed E-state index contributed by atoms with van der Waals surface area (Å²) in [6.45, 7) is 0. The molecular formula is C9H8ClN3O2S. The third kappa shape index (κ3) is 2.08. The molecule has 5 nitrogen and oxygen atoms in total. The van der Waals surface area contributed by atoms with E-state index in [0.29, 0.717) is 16.3 Å². The quantitative estimate of drug-likeness (QED) is 0.852. The molecular weight excluding hydrogens is 250 g/mol. The van der Waals surface area contributed by atoms with E-state index in [1.807, 2.05) is 0 Å². The Hall–Kier alpha value is -1.37. The van der Waals surface area contributed by atoms with E-state index in [1.54, 1.807) is 24.3 Å². The minimum absolute atomic E-state index is 0.0326. The van der Waals surface area contributed by atoms with Gasteiger partial charge in [-0.2, -0.15) is 5.10 Å². The molecule has 0 aliphatic heterocycles. The number of nitrogens with zero attached hydrogens (tertiary/aromatic N) is 1. The Morgan fingerprint density at radius 1 is 1.25 bits per heavy atom. The molecule has 1 aromatic carbocycles. The number of sulfonamides is 1. The number of aromatic nitrogens is 2. The fraction of sp³-hybridized carbons (Fsp3) is 0. The normalized spacial score (nSPS) is 11.6. The Balaban J connectivity index is 2.58. The Morgan fingerprint density at radius 2 is 1.88 bits per heavy atom. The molecule has 2 rings (SSSR count). The summed E-state index contributed by atoms with van der Waals surface area (Å²) in [5.74, 6) is 0. The van der Waals surface area contributed by atoms with E-state index in [1.165, 1.54) is 6.20 Å². The maximum atomic E-state index is 11.2. The van der Waals surface area contributed by atoms with Crippen molar-refractivity contribution in [2.45, 2.75) is 4.90 Å². The highest BCUT2D eigenvalue weighted by molar-refractivity contribution is 7.89. The van der Waals surface area contributed by atoms with Crippen LogP contribution in [0.5, 0.6) is 0 Å². The summed E-state index contributed by atoms with van der Waals surface area (Å²) >= 11 is 5.73. The van der Waals surface area contributed by atoms with E-state index in [-0.39, 0.29) is 4.90 Å². The number of hydrogen-bond acceptors (Lipinski definition) is 3. The van der Waals surface area contributed by atoms with Crippen LogP contribution in [0.4, 0.5) is 0 Å². The van der Waals surface area contributed by atoms with Crippen LogP contribution in [0.15, 0.2) is 35.4 Å². The lowest BCUT2D eigenvalue weighted by molar-refractivity contribution is 0.598. The summed E-state index contributed by atoms with van der Waals surface area (Å²) in [5.41, 5.74) is 1.02. The van der Waals surface area contributed by atoms with E-state index >= 15 is 0 Å². The number of benzene rings is 1. The van der Waals surface area contributed by atoms with E-state index in [0.717, 1.165) is 0 Å². The van der Waals surface area contributed by atoms with Crippen molar-refractivity contribution in [3.63, 3.8) is 0 Å². The first-order chi connectivity index (χ1) is 7.48. The second kappa shape index (κ2) is 3.89. The van der Waals surface area contributed by atoms with Gasteiger partial charge in [-0.25, -0.2) is 13.6 Å². The second-order valence-corrected chi connectivity index (χ2v) is 5.13. The number of nitrogens with two attached hydrogens (primary N) is 1. The number of H-pyrrole nitrogens is 1. The first-order valence-corrected chi connectivity index (χ1v) is 6.23. The van der Waals surface area contributed by atoms with Gasteiger partial charge in [-0.05, 0) is 12.1 Å². The topological polar surface area (TPSA) is 88.8 Å². The minimum Gasteiger partial charge on any atom is -0.276 e. The standard InChI is InChI=1S/C9H8ClN3O2S/c10-7-3-1-6(2-4-7)9-8(5-12-13-9)16(11,14)15/h1-5H,(H,12,13)(H2,11,14,15). The number of aromatic amines is 1. The summed E-state index contributed by atoms with van der Waals surface area (Å²) < 4.78 is 22.5. The maximum Gasteiger partial charge on any atom is 0.241 e. The van der Waals surface area contributed by atoms with Crippen molar-refractivity contribution < 1.29 is 8.42 Å². The van der Waals surface area contributed by atoms with Gasteiger partial charge in [-0.1, -0.05) is 23.7 Å². The first-order valence-electron chi connectivity index (χ1n) is 4.30. The number of halogens is 1. The Morgan fingerprint density at radius 3 is 2.44 bits per heavy atom. The summed E-state index contributed by atoms with van der Waals surface area (Å²) in [6, 6.07) is 6.68. The summed E-state index contributed by atoms with van der Waals surface area (Å²) in [5, 5.41) is 11.9. The highest BCUT2D eigenvalue weighted by atomic mass is 35.5. The van der Waals surface area contributed by atoms with E-state index < -0.39 is 10.0 Å². The van der Waals surface area contributed by atoms with Crippen LogP contribution in [0.25, 0.3) is 11.3 Å². The van der Waals surface area contributed by atoms with Gasteiger partial charge in [-0.3, -0.25) is 5.10 Å². The van der Waals surface area contributed by atoms with Gasteiger partial charge in [0.2, 0.25) is 10.0 Å². The molecule has 84 valence electrons. The molecule has 0 aliphatic rings. The van der Waals surface area contributed by atoms with Gasteiger partial charge in [0.05, 0.1) is 11.9 Å². The highest BCUT2D eigenvalue weighted by Gasteiger charge is 2.17. The Bertz CT molecular complexity index is 604. The molecule has 3 N–H and O–H groups in total. The average molecular weight is 258 g/mol. The van der Waals surface area contributed by atoms with Crippen LogP contribution in [0, 0.1) is 0 Å². The second-order valence-electron chi connectivity index (χ2n) is 3.16. The summed E-state index contributed by atoms with van der Waals surface area (Å²) in [4.78, 5) is -0.0326. The van der Waals surface area contributed by atoms with Gasteiger partial charge in [0.25, 0.3) is 0 Å². The lowest BCUT2D eigenvalue weighted by Gasteiger charge is -2.01. The average Bonchev–Trinajstić information content (AvgIpc) is 2.66. The lowest BCUT2D eigenvalue weighted by atomic mass is 10.2. The van der Waals surface area contributed by atoms with Gasteiger partial charge in [0.15, 0.2) is 0 Å². The van der Waals surface area contributed by atoms with Crippen LogP contribution in [0.2, 0.25) is 5.02 Å². The van der Waals surface area contributed by atoms with Crippen molar-refractivity contribution in [3.05, 3.63) is 35.5 Å². The largest absolute Gasteiger partial charge is 0.276 e. The molecule has 0 spiro atoms. The van der Waals surface area contributed by atoms with Crippen LogP contribution in [-0.2, 0) is 10.0 Å². The predicted molar refractivity (Wildman–Crippen MR) is 60.4 cm³/mol. The number of nitrogens with one attached hydrogen (secondary N) is 1. The van der Waals surface area contributed by atoms with Crippen LogP contribution in [-0.4, -0.2) is 18.6 Å². The van der Waals surface area contributed by atoms with Crippen molar-refractivity contribution in [1.29, 1.82) is 0 Å².